The Labute approximate surface area is 105 Å². The fourth-order valence-corrected chi connectivity index (χ4v) is 2.00. The van der Waals surface area contributed by atoms with Crippen molar-refractivity contribution in [2.75, 3.05) is 25.6 Å². The smallest absolute Gasteiger partial charge is 0.158 e. The van der Waals surface area contributed by atoms with E-state index in [0.717, 1.165) is 13.0 Å². The molecule has 0 aromatic carbocycles. The van der Waals surface area contributed by atoms with Gasteiger partial charge >= 0.3 is 0 Å². The predicted octanol–water partition coefficient (Wildman–Crippen LogP) is 1.87. The first-order valence-electron chi connectivity index (χ1n) is 5.50. The molecule has 1 saturated heterocycles. The highest BCUT2D eigenvalue weighted by molar-refractivity contribution is 6.29. The number of hydrogen-bond acceptors (Lipinski definition) is 5. The number of anilines is 1. The molecule has 0 aliphatic carbocycles. The standard InChI is InChI=1S/C11H16ClN3O2/c1-11(3-4-17-7-11)15-9-5-8(12)13-10(14-9)6-16-2/h5H,3-4,6-7H2,1-2H3,(H,13,14,15). The number of halogens is 1. The van der Waals surface area contributed by atoms with E-state index in [0.29, 0.717) is 30.0 Å². The van der Waals surface area contributed by atoms with Gasteiger partial charge in [-0.25, -0.2) is 9.97 Å². The first-order valence-corrected chi connectivity index (χ1v) is 5.87. The van der Waals surface area contributed by atoms with Crippen LogP contribution < -0.4 is 5.32 Å². The maximum Gasteiger partial charge on any atom is 0.158 e. The second-order valence-corrected chi connectivity index (χ2v) is 4.80. The Balaban J connectivity index is 2.14. The molecule has 0 saturated carbocycles. The van der Waals surface area contributed by atoms with Crippen LogP contribution in [0, 0.1) is 0 Å². The number of rotatable bonds is 4. The maximum absolute atomic E-state index is 5.94. The summed E-state index contributed by atoms with van der Waals surface area (Å²) in [5.74, 6) is 1.29. The molecule has 94 valence electrons. The third-order valence-electron chi connectivity index (χ3n) is 2.66. The summed E-state index contributed by atoms with van der Waals surface area (Å²) in [6, 6.07) is 1.71. The molecule has 1 fully saturated rings. The van der Waals surface area contributed by atoms with Crippen LogP contribution in [0.5, 0.6) is 0 Å². The van der Waals surface area contributed by atoms with Gasteiger partial charge in [-0.15, -0.1) is 0 Å². The lowest BCUT2D eigenvalue weighted by molar-refractivity contribution is 0.177. The number of nitrogens with zero attached hydrogens (tertiary/aromatic N) is 2. The summed E-state index contributed by atoms with van der Waals surface area (Å²) in [7, 11) is 1.60. The van der Waals surface area contributed by atoms with Gasteiger partial charge in [0.1, 0.15) is 17.6 Å². The second kappa shape index (κ2) is 5.16. The van der Waals surface area contributed by atoms with E-state index in [1.165, 1.54) is 0 Å². The summed E-state index contributed by atoms with van der Waals surface area (Å²) in [5, 5.41) is 3.75. The second-order valence-electron chi connectivity index (χ2n) is 4.41. The van der Waals surface area contributed by atoms with Crippen LogP contribution in [0.3, 0.4) is 0 Å². The number of nitrogens with one attached hydrogen (secondary N) is 1. The van der Waals surface area contributed by atoms with Crippen molar-refractivity contribution in [3.8, 4) is 0 Å². The van der Waals surface area contributed by atoms with Crippen molar-refractivity contribution in [3.05, 3.63) is 17.0 Å². The molecule has 1 aromatic rings. The summed E-state index contributed by atoms with van der Waals surface area (Å²) in [6.45, 7) is 3.90. The third kappa shape index (κ3) is 3.28. The molecule has 0 bridgehead atoms. The Morgan fingerprint density at radius 3 is 3.06 bits per heavy atom. The summed E-state index contributed by atoms with van der Waals surface area (Å²) in [5.41, 5.74) is -0.0813. The van der Waals surface area contributed by atoms with Gasteiger partial charge in [-0.3, -0.25) is 0 Å². The fourth-order valence-electron chi connectivity index (χ4n) is 1.80. The zero-order valence-electron chi connectivity index (χ0n) is 9.99. The van der Waals surface area contributed by atoms with E-state index in [-0.39, 0.29) is 5.54 Å². The molecular weight excluding hydrogens is 242 g/mol. The summed E-state index contributed by atoms with van der Waals surface area (Å²) >= 11 is 5.94. The van der Waals surface area contributed by atoms with E-state index in [4.69, 9.17) is 21.1 Å². The van der Waals surface area contributed by atoms with Crippen molar-refractivity contribution in [1.82, 2.24) is 9.97 Å². The minimum Gasteiger partial charge on any atom is -0.379 e. The van der Waals surface area contributed by atoms with Crippen molar-refractivity contribution in [1.29, 1.82) is 0 Å². The molecule has 17 heavy (non-hydrogen) atoms. The van der Waals surface area contributed by atoms with Crippen LogP contribution in [0.15, 0.2) is 6.07 Å². The molecule has 1 unspecified atom stereocenters. The zero-order chi connectivity index (χ0) is 12.3. The molecule has 6 heteroatoms. The highest BCUT2D eigenvalue weighted by Gasteiger charge is 2.29. The largest absolute Gasteiger partial charge is 0.379 e. The van der Waals surface area contributed by atoms with Crippen LogP contribution in [0.4, 0.5) is 5.82 Å². The molecule has 2 rings (SSSR count). The number of methoxy groups -OCH3 is 1. The van der Waals surface area contributed by atoms with Crippen molar-refractivity contribution in [3.63, 3.8) is 0 Å². The van der Waals surface area contributed by atoms with E-state index < -0.39 is 0 Å². The predicted molar refractivity (Wildman–Crippen MR) is 65.2 cm³/mol. The average molecular weight is 258 g/mol. The van der Waals surface area contributed by atoms with Gasteiger partial charge in [-0.05, 0) is 13.3 Å². The van der Waals surface area contributed by atoms with Crippen LogP contribution in [0.1, 0.15) is 19.2 Å². The van der Waals surface area contributed by atoms with Crippen molar-refractivity contribution in [2.24, 2.45) is 0 Å². The summed E-state index contributed by atoms with van der Waals surface area (Å²) in [6.07, 6.45) is 0.953. The summed E-state index contributed by atoms with van der Waals surface area (Å²) in [4.78, 5) is 8.42. The molecule has 1 atom stereocenters. The topological polar surface area (TPSA) is 56.3 Å². The highest BCUT2D eigenvalue weighted by atomic mass is 35.5. The first-order chi connectivity index (χ1) is 8.11. The van der Waals surface area contributed by atoms with Gasteiger partial charge in [0.2, 0.25) is 0 Å². The lowest BCUT2D eigenvalue weighted by Crippen LogP contribution is -2.35. The molecular formula is C11H16ClN3O2. The zero-order valence-corrected chi connectivity index (χ0v) is 10.8. The van der Waals surface area contributed by atoms with Gasteiger partial charge < -0.3 is 14.8 Å². The average Bonchev–Trinajstić information content (AvgIpc) is 2.64. The quantitative estimate of drug-likeness (QED) is 0.835. The van der Waals surface area contributed by atoms with Crippen LogP contribution >= 0.6 is 11.6 Å². The lowest BCUT2D eigenvalue weighted by Gasteiger charge is -2.24. The molecule has 1 aliphatic heterocycles. The van der Waals surface area contributed by atoms with Crippen molar-refractivity contribution < 1.29 is 9.47 Å². The molecule has 0 spiro atoms. The van der Waals surface area contributed by atoms with E-state index >= 15 is 0 Å². The molecule has 0 amide bonds. The normalized spacial score (nSPS) is 23.9. The fraction of sp³-hybridized carbons (Fsp3) is 0.636. The highest BCUT2D eigenvalue weighted by Crippen LogP contribution is 2.23. The maximum atomic E-state index is 5.94. The van der Waals surface area contributed by atoms with E-state index in [2.05, 4.69) is 22.2 Å². The Hall–Kier alpha value is -0.910. The van der Waals surface area contributed by atoms with Crippen LogP contribution in [-0.2, 0) is 16.1 Å². The number of hydrogen-bond donors (Lipinski definition) is 1. The monoisotopic (exact) mass is 257 g/mol. The van der Waals surface area contributed by atoms with Gasteiger partial charge in [0.15, 0.2) is 5.82 Å². The van der Waals surface area contributed by atoms with Gasteiger partial charge in [0.25, 0.3) is 0 Å². The van der Waals surface area contributed by atoms with Crippen molar-refractivity contribution in [2.45, 2.75) is 25.5 Å². The van der Waals surface area contributed by atoms with Gasteiger partial charge in [-0.1, -0.05) is 11.6 Å². The van der Waals surface area contributed by atoms with Gasteiger partial charge in [0, 0.05) is 19.8 Å². The Kier molecular flexibility index (Phi) is 3.81. The Bertz CT molecular complexity index is 394. The molecule has 5 nitrogen and oxygen atoms in total. The molecule has 1 aromatic heterocycles. The van der Waals surface area contributed by atoms with E-state index in [1.54, 1.807) is 13.2 Å². The molecule has 1 aliphatic rings. The minimum atomic E-state index is -0.0813. The Morgan fingerprint density at radius 2 is 2.41 bits per heavy atom. The Morgan fingerprint density at radius 1 is 1.59 bits per heavy atom. The summed E-state index contributed by atoms with van der Waals surface area (Å²) < 4.78 is 10.4. The van der Waals surface area contributed by atoms with Gasteiger partial charge in [0.05, 0.1) is 12.1 Å². The lowest BCUT2D eigenvalue weighted by atomic mass is 10.0. The SMILES string of the molecule is COCc1nc(Cl)cc(NC2(C)CCOC2)n1. The van der Waals surface area contributed by atoms with Crippen LogP contribution in [0.2, 0.25) is 5.15 Å². The number of aromatic nitrogens is 2. The van der Waals surface area contributed by atoms with Crippen LogP contribution in [0.25, 0.3) is 0 Å². The molecule has 2 heterocycles. The van der Waals surface area contributed by atoms with Crippen LogP contribution in [-0.4, -0.2) is 35.8 Å². The first kappa shape index (κ1) is 12.5. The third-order valence-corrected chi connectivity index (χ3v) is 2.86. The van der Waals surface area contributed by atoms with E-state index in [1.807, 2.05) is 0 Å². The van der Waals surface area contributed by atoms with Crippen molar-refractivity contribution >= 4 is 17.4 Å². The molecule has 1 N–H and O–H groups in total. The van der Waals surface area contributed by atoms with Gasteiger partial charge in [-0.2, -0.15) is 0 Å². The molecule has 0 radical (unpaired) electrons. The van der Waals surface area contributed by atoms with E-state index in [9.17, 15) is 0 Å². The minimum absolute atomic E-state index is 0.0813. The number of ether oxygens (including phenoxy) is 2.